The van der Waals surface area contributed by atoms with Gasteiger partial charge in [0.1, 0.15) is 11.5 Å². The van der Waals surface area contributed by atoms with Crippen LogP contribution < -0.4 is 4.74 Å². The van der Waals surface area contributed by atoms with E-state index in [9.17, 15) is 0 Å². The van der Waals surface area contributed by atoms with E-state index in [2.05, 4.69) is 156 Å². The lowest BCUT2D eigenvalue weighted by atomic mass is 9.61. The zero-order chi connectivity index (χ0) is 33.5. The Balaban J connectivity index is 1.24. The van der Waals surface area contributed by atoms with Crippen molar-refractivity contribution in [2.45, 2.75) is 5.41 Å². The molecule has 1 atom stereocenters. The minimum atomic E-state index is -0.655. The van der Waals surface area contributed by atoms with Crippen LogP contribution in [-0.2, 0) is 5.41 Å². The Hall–Kier alpha value is -6.78. The zero-order valence-electron chi connectivity index (χ0n) is 27.5. The van der Waals surface area contributed by atoms with Crippen molar-refractivity contribution in [1.82, 2.24) is 14.5 Å². The molecule has 0 amide bonds. The molecular formula is C47H29N3O. The van der Waals surface area contributed by atoms with Crippen molar-refractivity contribution in [2.75, 3.05) is 0 Å². The smallest absolute Gasteiger partial charge is 0.160 e. The van der Waals surface area contributed by atoms with E-state index in [0.717, 1.165) is 50.7 Å². The molecule has 1 unspecified atom stereocenters. The van der Waals surface area contributed by atoms with Crippen LogP contribution in [0.15, 0.2) is 176 Å². The normalized spacial score (nSPS) is 15.3. The van der Waals surface area contributed by atoms with Crippen LogP contribution in [0.3, 0.4) is 0 Å². The maximum Gasteiger partial charge on any atom is 0.160 e. The lowest BCUT2D eigenvalue weighted by Crippen LogP contribution is -2.37. The van der Waals surface area contributed by atoms with Crippen LogP contribution in [0.25, 0.3) is 61.4 Å². The van der Waals surface area contributed by atoms with Gasteiger partial charge in [-0.2, -0.15) is 0 Å². The van der Waals surface area contributed by atoms with E-state index in [1.807, 2.05) is 24.3 Å². The molecule has 0 radical (unpaired) electrons. The summed E-state index contributed by atoms with van der Waals surface area (Å²) in [5.74, 6) is 2.40. The largest absolute Gasteiger partial charge is 0.457 e. The molecule has 7 aromatic carbocycles. The summed E-state index contributed by atoms with van der Waals surface area (Å²) in [6.45, 7) is 0. The van der Waals surface area contributed by atoms with Crippen molar-refractivity contribution in [2.24, 2.45) is 0 Å². The molecular weight excluding hydrogens is 623 g/mol. The molecule has 2 aliphatic heterocycles. The van der Waals surface area contributed by atoms with Crippen molar-refractivity contribution in [3.63, 3.8) is 0 Å². The minimum absolute atomic E-state index is 0.655. The van der Waals surface area contributed by atoms with Crippen molar-refractivity contribution < 1.29 is 4.74 Å². The highest BCUT2D eigenvalue weighted by Crippen LogP contribution is 2.60. The summed E-state index contributed by atoms with van der Waals surface area (Å²) < 4.78 is 9.26. The number of fused-ring (bicyclic) bond motifs is 11. The number of nitrogens with zero attached hydrogens (tertiary/aromatic N) is 3. The van der Waals surface area contributed by atoms with E-state index in [1.165, 1.54) is 38.6 Å². The monoisotopic (exact) mass is 651 g/mol. The Morgan fingerprint density at radius 1 is 0.431 bits per heavy atom. The Kier molecular flexibility index (Phi) is 5.84. The van der Waals surface area contributed by atoms with Gasteiger partial charge in [0.05, 0.1) is 33.5 Å². The fraction of sp³-hybridized carbons (Fsp3) is 0.0213. The van der Waals surface area contributed by atoms with Crippen LogP contribution in [-0.4, -0.2) is 14.5 Å². The molecule has 0 saturated heterocycles. The summed E-state index contributed by atoms with van der Waals surface area (Å²) in [5.41, 5.74) is 12.4. The molecule has 1 spiro atoms. The lowest BCUT2D eigenvalue weighted by Gasteiger charge is -2.45. The molecule has 4 nitrogen and oxygen atoms in total. The van der Waals surface area contributed by atoms with Crippen molar-refractivity contribution in [3.8, 4) is 51.1 Å². The molecule has 4 heteroatoms. The molecule has 0 N–H and O–H groups in total. The average Bonchev–Trinajstić information content (AvgIpc) is 3.55. The summed E-state index contributed by atoms with van der Waals surface area (Å²) in [6, 6.07) is 62.2. The summed E-state index contributed by atoms with van der Waals surface area (Å²) >= 11 is 0. The van der Waals surface area contributed by atoms with Gasteiger partial charge in [-0.15, -0.1) is 0 Å². The summed E-state index contributed by atoms with van der Waals surface area (Å²) in [4.78, 5) is 10.3. The quantitative estimate of drug-likeness (QED) is 0.191. The molecule has 0 saturated carbocycles. The van der Waals surface area contributed by atoms with E-state index < -0.39 is 5.41 Å². The Morgan fingerprint density at radius 2 is 1.06 bits per heavy atom. The molecule has 11 rings (SSSR count). The first kappa shape index (κ1) is 28.1. The predicted octanol–water partition coefficient (Wildman–Crippen LogP) is 11.4. The summed E-state index contributed by atoms with van der Waals surface area (Å²) in [6.07, 6.45) is 0. The van der Waals surface area contributed by atoms with Gasteiger partial charge in [0.25, 0.3) is 0 Å². The third kappa shape index (κ3) is 3.90. The number of benzene rings is 7. The number of para-hydroxylation sites is 4. The summed E-state index contributed by atoms with van der Waals surface area (Å²) in [5, 5.41) is 2.49. The van der Waals surface area contributed by atoms with Crippen LogP contribution >= 0.6 is 0 Å². The first-order chi connectivity index (χ1) is 25.3. The van der Waals surface area contributed by atoms with Crippen molar-refractivity contribution >= 4 is 21.8 Å². The van der Waals surface area contributed by atoms with Crippen LogP contribution in [0.1, 0.15) is 22.3 Å². The van der Waals surface area contributed by atoms with E-state index >= 15 is 0 Å². The third-order valence-electron chi connectivity index (χ3n) is 10.7. The second-order valence-corrected chi connectivity index (χ2v) is 13.3. The highest BCUT2D eigenvalue weighted by Gasteiger charge is 2.50. The van der Waals surface area contributed by atoms with Crippen LogP contribution in [0, 0.1) is 0 Å². The summed E-state index contributed by atoms with van der Waals surface area (Å²) in [7, 11) is 0. The molecule has 9 aromatic rings. The molecule has 0 fully saturated rings. The Labute approximate surface area is 294 Å². The second kappa shape index (κ2) is 10.6. The van der Waals surface area contributed by atoms with Crippen molar-refractivity contribution in [3.05, 3.63) is 198 Å². The lowest BCUT2D eigenvalue weighted by molar-refractivity contribution is 0.434. The SMILES string of the molecule is c1ccc(-c2cc(-c3ccc4c(c3)C3(c5ccccc5O4)c4ccccc4-n4c5ccccc5c5cccc3c54)nc(-c3ccccc3)n2)cc1. The molecule has 51 heavy (non-hydrogen) atoms. The van der Waals surface area contributed by atoms with Gasteiger partial charge >= 0.3 is 0 Å². The molecule has 2 aliphatic rings. The average molecular weight is 652 g/mol. The number of ether oxygens (including phenoxy) is 1. The number of hydrogen-bond acceptors (Lipinski definition) is 3. The maximum atomic E-state index is 6.80. The first-order valence-electron chi connectivity index (χ1n) is 17.3. The molecule has 4 heterocycles. The van der Waals surface area contributed by atoms with E-state index in [0.29, 0.717) is 5.82 Å². The zero-order valence-corrected chi connectivity index (χ0v) is 27.5. The first-order valence-corrected chi connectivity index (χ1v) is 17.3. The molecule has 2 aromatic heterocycles. The van der Waals surface area contributed by atoms with Gasteiger partial charge in [-0.25, -0.2) is 9.97 Å². The fourth-order valence-electron chi connectivity index (χ4n) is 8.55. The van der Waals surface area contributed by atoms with Gasteiger partial charge < -0.3 is 9.30 Å². The van der Waals surface area contributed by atoms with Gasteiger partial charge in [-0.05, 0) is 53.6 Å². The highest BCUT2D eigenvalue weighted by atomic mass is 16.5. The van der Waals surface area contributed by atoms with Gasteiger partial charge in [-0.1, -0.05) is 133 Å². The predicted molar refractivity (Wildman–Crippen MR) is 205 cm³/mol. The molecule has 0 aliphatic carbocycles. The number of rotatable bonds is 3. The highest BCUT2D eigenvalue weighted by molar-refractivity contribution is 6.12. The van der Waals surface area contributed by atoms with E-state index in [4.69, 9.17) is 14.7 Å². The Bertz CT molecular complexity index is 2780. The van der Waals surface area contributed by atoms with Crippen molar-refractivity contribution in [1.29, 1.82) is 0 Å². The van der Waals surface area contributed by atoms with Gasteiger partial charge in [0.2, 0.25) is 0 Å². The molecule has 238 valence electrons. The second-order valence-electron chi connectivity index (χ2n) is 13.3. The molecule has 0 bridgehead atoms. The van der Waals surface area contributed by atoms with E-state index in [1.54, 1.807) is 0 Å². The standard InChI is InChI=1S/C47H29N3O/c1-3-14-30(15-4-1)39-29-40(49-46(48-39)31-16-5-2-6-17-31)32-26-27-44-38(28-32)47(36-21-9-12-25-43(36)51-44)35-20-8-11-24-42(35)50-41-23-10-7-18-33(41)34-19-13-22-37(47)45(34)50/h1-29H. The van der Waals surface area contributed by atoms with Crippen LogP contribution in [0.5, 0.6) is 11.5 Å². The maximum absolute atomic E-state index is 6.80. The number of aromatic nitrogens is 3. The topological polar surface area (TPSA) is 39.9 Å². The van der Waals surface area contributed by atoms with Crippen LogP contribution in [0.2, 0.25) is 0 Å². The minimum Gasteiger partial charge on any atom is -0.457 e. The van der Waals surface area contributed by atoms with E-state index in [-0.39, 0.29) is 0 Å². The van der Waals surface area contributed by atoms with Crippen LogP contribution in [0.4, 0.5) is 0 Å². The van der Waals surface area contributed by atoms with Gasteiger partial charge in [0, 0.05) is 38.6 Å². The van der Waals surface area contributed by atoms with Gasteiger partial charge in [-0.3, -0.25) is 0 Å². The number of hydrogen-bond donors (Lipinski definition) is 0. The van der Waals surface area contributed by atoms with Gasteiger partial charge in [0.15, 0.2) is 5.82 Å². The Morgan fingerprint density at radius 3 is 1.90 bits per heavy atom. The fourth-order valence-corrected chi connectivity index (χ4v) is 8.55. The third-order valence-corrected chi connectivity index (χ3v) is 10.7.